The van der Waals surface area contributed by atoms with E-state index < -0.39 is 21.9 Å². The maximum atomic E-state index is 13.0. The molecular formula is C17H19F3N2O4S. The highest BCUT2D eigenvalue weighted by molar-refractivity contribution is 7.90. The van der Waals surface area contributed by atoms with Crippen LogP contribution in [0.1, 0.15) is 12.5 Å². The average Bonchev–Trinajstić information content (AvgIpc) is 2.57. The third-order valence-corrected chi connectivity index (χ3v) is 4.83. The Hall–Kier alpha value is -2.46. The summed E-state index contributed by atoms with van der Waals surface area (Å²) < 4.78 is 76.9. The Kier molecular flexibility index (Phi) is 6.22. The number of rotatable bonds is 7. The molecule has 148 valence electrons. The van der Waals surface area contributed by atoms with Crippen molar-refractivity contribution >= 4 is 15.9 Å². The fourth-order valence-electron chi connectivity index (χ4n) is 2.00. The molecule has 10 heteroatoms. The van der Waals surface area contributed by atoms with E-state index >= 15 is 0 Å². The lowest BCUT2D eigenvalue weighted by Crippen LogP contribution is -2.29. The molecule has 0 aliphatic carbocycles. The van der Waals surface area contributed by atoms with E-state index in [0.717, 1.165) is 16.4 Å². The molecule has 6 nitrogen and oxygen atoms in total. The molecule has 0 aliphatic heterocycles. The Labute approximate surface area is 155 Å². The average molecular weight is 404 g/mol. The monoisotopic (exact) mass is 404 g/mol. The highest BCUT2D eigenvalue weighted by Crippen LogP contribution is 2.37. The number of hydrogen-bond acceptors (Lipinski definition) is 4. The van der Waals surface area contributed by atoms with Crippen LogP contribution in [0, 0.1) is 0 Å². The molecule has 0 saturated heterocycles. The Morgan fingerprint density at radius 3 is 2.15 bits per heavy atom. The summed E-state index contributed by atoms with van der Waals surface area (Å²) in [5, 5.41) is 0. The predicted octanol–water partition coefficient (Wildman–Crippen LogP) is 4.11. The van der Waals surface area contributed by atoms with Crippen molar-refractivity contribution in [2.45, 2.75) is 13.1 Å². The standard InChI is InChI=1S/C17H19F3N2O4S/c1-4-25-13-6-8-14(9-7-13)26-16-10-5-12(17(18,19)20)11-15(16)21-27(23,24)22(2)3/h5-11,21H,4H2,1-3H3. The van der Waals surface area contributed by atoms with Gasteiger partial charge >= 0.3 is 16.4 Å². The minimum atomic E-state index is -4.63. The van der Waals surface area contributed by atoms with Crippen molar-refractivity contribution in [3.05, 3.63) is 48.0 Å². The van der Waals surface area contributed by atoms with Gasteiger partial charge < -0.3 is 9.47 Å². The second kappa shape index (κ2) is 8.05. The number of alkyl halides is 3. The predicted molar refractivity (Wildman–Crippen MR) is 95.4 cm³/mol. The summed E-state index contributed by atoms with van der Waals surface area (Å²) in [5.74, 6) is 0.840. The number of hydrogen-bond donors (Lipinski definition) is 1. The van der Waals surface area contributed by atoms with Crippen LogP contribution < -0.4 is 14.2 Å². The Morgan fingerprint density at radius 2 is 1.63 bits per heavy atom. The summed E-state index contributed by atoms with van der Waals surface area (Å²) in [6.45, 7) is 2.31. The third kappa shape index (κ3) is 5.51. The first-order valence-electron chi connectivity index (χ1n) is 7.85. The van der Waals surface area contributed by atoms with Crippen molar-refractivity contribution in [2.24, 2.45) is 0 Å². The van der Waals surface area contributed by atoms with Crippen LogP contribution in [-0.4, -0.2) is 33.4 Å². The first-order valence-corrected chi connectivity index (χ1v) is 9.29. The van der Waals surface area contributed by atoms with Gasteiger partial charge in [0.15, 0.2) is 5.75 Å². The molecule has 1 N–H and O–H groups in total. The van der Waals surface area contributed by atoms with Gasteiger partial charge in [-0.25, -0.2) is 0 Å². The second-order valence-electron chi connectivity index (χ2n) is 5.60. The van der Waals surface area contributed by atoms with Crippen LogP contribution in [-0.2, 0) is 16.4 Å². The molecule has 0 amide bonds. The van der Waals surface area contributed by atoms with E-state index in [2.05, 4.69) is 4.72 Å². The van der Waals surface area contributed by atoms with E-state index in [-0.39, 0.29) is 11.4 Å². The van der Waals surface area contributed by atoms with Crippen LogP contribution >= 0.6 is 0 Å². The molecular weight excluding hydrogens is 385 g/mol. The van der Waals surface area contributed by atoms with E-state index in [0.29, 0.717) is 24.2 Å². The van der Waals surface area contributed by atoms with Gasteiger partial charge in [0.2, 0.25) is 0 Å². The first-order chi connectivity index (χ1) is 12.5. The van der Waals surface area contributed by atoms with Crippen LogP contribution in [0.2, 0.25) is 0 Å². The van der Waals surface area contributed by atoms with Gasteiger partial charge in [0.1, 0.15) is 11.5 Å². The van der Waals surface area contributed by atoms with Crippen molar-refractivity contribution in [3.8, 4) is 17.2 Å². The van der Waals surface area contributed by atoms with Gasteiger partial charge in [-0.3, -0.25) is 4.72 Å². The summed E-state index contributed by atoms with van der Waals surface area (Å²) in [6, 6.07) is 8.95. The van der Waals surface area contributed by atoms with Crippen molar-refractivity contribution in [1.82, 2.24) is 4.31 Å². The maximum absolute atomic E-state index is 13.0. The van der Waals surface area contributed by atoms with E-state index in [1.165, 1.54) is 14.1 Å². The van der Waals surface area contributed by atoms with Gasteiger partial charge in [0.05, 0.1) is 17.9 Å². The van der Waals surface area contributed by atoms with Crippen molar-refractivity contribution < 1.29 is 31.1 Å². The number of nitrogens with one attached hydrogen (secondary N) is 1. The highest BCUT2D eigenvalue weighted by Gasteiger charge is 2.32. The van der Waals surface area contributed by atoms with Gasteiger partial charge in [-0.2, -0.15) is 25.9 Å². The van der Waals surface area contributed by atoms with Crippen LogP contribution in [0.4, 0.5) is 18.9 Å². The van der Waals surface area contributed by atoms with Gasteiger partial charge in [-0.05, 0) is 49.4 Å². The zero-order valence-corrected chi connectivity index (χ0v) is 15.7. The number of nitrogens with zero attached hydrogens (tertiary/aromatic N) is 1. The molecule has 2 rings (SSSR count). The summed E-state index contributed by atoms with van der Waals surface area (Å²) in [6.07, 6.45) is -4.63. The molecule has 2 aromatic carbocycles. The van der Waals surface area contributed by atoms with Crippen LogP contribution in [0.3, 0.4) is 0 Å². The molecule has 0 unspecified atom stereocenters. The summed E-state index contributed by atoms with van der Waals surface area (Å²) in [5.41, 5.74) is -1.33. The topological polar surface area (TPSA) is 67.9 Å². The van der Waals surface area contributed by atoms with Gasteiger partial charge in [0, 0.05) is 14.1 Å². The Bertz CT molecular complexity index is 882. The first kappa shape index (κ1) is 20.8. The quantitative estimate of drug-likeness (QED) is 0.754. The van der Waals surface area contributed by atoms with Crippen LogP contribution in [0.5, 0.6) is 17.2 Å². The Morgan fingerprint density at radius 1 is 1.04 bits per heavy atom. The molecule has 0 bridgehead atoms. The summed E-state index contributed by atoms with van der Waals surface area (Å²) in [7, 11) is -1.52. The normalized spacial score (nSPS) is 12.1. The minimum Gasteiger partial charge on any atom is -0.494 e. The summed E-state index contributed by atoms with van der Waals surface area (Å²) >= 11 is 0. The van der Waals surface area contributed by atoms with Gasteiger partial charge in [0.25, 0.3) is 0 Å². The lowest BCUT2D eigenvalue weighted by atomic mass is 10.2. The van der Waals surface area contributed by atoms with Gasteiger partial charge in [-0.15, -0.1) is 0 Å². The van der Waals surface area contributed by atoms with E-state index in [9.17, 15) is 21.6 Å². The molecule has 0 spiro atoms. The smallest absolute Gasteiger partial charge is 0.416 e. The second-order valence-corrected chi connectivity index (χ2v) is 7.49. The van der Waals surface area contributed by atoms with Crippen LogP contribution in [0.15, 0.2) is 42.5 Å². The fourth-order valence-corrected chi connectivity index (χ4v) is 2.62. The fraction of sp³-hybridized carbons (Fsp3) is 0.294. The SMILES string of the molecule is CCOc1ccc(Oc2ccc(C(F)(F)F)cc2NS(=O)(=O)N(C)C)cc1. The molecule has 0 fully saturated rings. The van der Waals surface area contributed by atoms with Crippen LogP contribution in [0.25, 0.3) is 0 Å². The number of ether oxygens (including phenoxy) is 2. The minimum absolute atomic E-state index is 0.0717. The maximum Gasteiger partial charge on any atom is 0.416 e. The number of halogens is 3. The third-order valence-electron chi connectivity index (χ3n) is 3.39. The molecule has 0 saturated carbocycles. The van der Waals surface area contributed by atoms with Crippen molar-refractivity contribution in [2.75, 3.05) is 25.4 Å². The molecule has 0 aliphatic rings. The molecule has 2 aromatic rings. The highest BCUT2D eigenvalue weighted by atomic mass is 32.2. The molecule has 0 aromatic heterocycles. The molecule has 27 heavy (non-hydrogen) atoms. The molecule has 0 heterocycles. The van der Waals surface area contributed by atoms with E-state index in [4.69, 9.17) is 9.47 Å². The molecule has 0 atom stereocenters. The van der Waals surface area contributed by atoms with E-state index in [1.807, 2.05) is 6.92 Å². The van der Waals surface area contributed by atoms with E-state index in [1.54, 1.807) is 24.3 Å². The lowest BCUT2D eigenvalue weighted by molar-refractivity contribution is -0.137. The zero-order valence-electron chi connectivity index (χ0n) is 14.9. The van der Waals surface area contributed by atoms with Crippen molar-refractivity contribution in [1.29, 1.82) is 0 Å². The largest absolute Gasteiger partial charge is 0.494 e. The zero-order chi connectivity index (χ0) is 20.2. The number of benzene rings is 2. The summed E-state index contributed by atoms with van der Waals surface area (Å²) in [4.78, 5) is 0. The lowest BCUT2D eigenvalue weighted by Gasteiger charge is -2.18. The van der Waals surface area contributed by atoms with Gasteiger partial charge in [-0.1, -0.05) is 0 Å². The van der Waals surface area contributed by atoms with Crippen molar-refractivity contribution in [3.63, 3.8) is 0 Å². The number of anilines is 1. The molecule has 0 radical (unpaired) electrons. The Balaban J connectivity index is 2.39.